The van der Waals surface area contributed by atoms with E-state index in [-0.39, 0.29) is 35.0 Å². The number of nitrogens with one attached hydrogen (secondary N) is 1. The molecule has 2 aromatic carbocycles. The van der Waals surface area contributed by atoms with Gasteiger partial charge < -0.3 is 4.98 Å². The van der Waals surface area contributed by atoms with E-state index >= 15 is 0 Å². The first-order chi connectivity index (χ1) is 16.8. The lowest BCUT2D eigenvalue weighted by Crippen LogP contribution is -2.58. The highest BCUT2D eigenvalue weighted by Gasteiger charge is 2.62. The lowest BCUT2D eigenvalue weighted by atomic mass is 9.94. The van der Waals surface area contributed by atoms with E-state index in [9.17, 15) is 10.1 Å². The fraction of sp³-hybridized carbons (Fsp3) is 0.370. The highest BCUT2D eigenvalue weighted by molar-refractivity contribution is 6.34. The van der Waals surface area contributed by atoms with Crippen molar-refractivity contribution in [2.45, 2.75) is 65.1 Å². The number of benzene rings is 2. The van der Waals surface area contributed by atoms with Gasteiger partial charge in [0.1, 0.15) is 29.5 Å². The fourth-order valence-electron chi connectivity index (χ4n) is 5.27. The molecule has 0 radical (unpaired) electrons. The molecule has 36 heavy (non-hydrogen) atoms. The number of halogens is 3. The number of H-pyrrole nitrogens is 1. The van der Waals surface area contributed by atoms with Crippen LogP contribution in [0.25, 0.3) is 0 Å². The summed E-state index contributed by atoms with van der Waals surface area (Å²) in [6.45, 7) is 6.55. The Hall–Kier alpha value is -2.56. The second-order valence-electron chi connectivity index (χ2n) is 9.28. The molecule has 2 heterocycles. The minimum absolute atomic E-state index is 0. The van der Waals surface area contributed by atoms with Crippen LogP contribution in [0.2, 0.25) is 5.02 Å². The van der Waals surface area contributed by atoms with Gasteiger partial charge in [0, 0.05) is 35.3 Å². The molecule has 1 fully saturated rings. The Kier molecular flexibility index (Phi) is 9.08. The van der Waals surface area contributed by atoms with Crippen LogP contribution < -0.4 is 4.48 Å². The molecule has 0 bridgehead atoms. The fourth-order valence-corrected chi connectivity index (χ4v) is 5.99. The summed E-state index contributed by atoms with van der Waals surface area (Å²) in [6.07, 6.45) is 6.80. The summed E-state index contributed by atoms with van der Waals surface area (Å²) in [4.78, 5) is 22.0. The van der Waals surface area contributed by atoms with Gasteiger partial charge in [0.15, 0.2) is 5.69 Å². The molecule has 4 rings (SSSR count). The number of nitriles is 1. The zero-order chi connectivity index (χ0) is 25.2. The summed E-state index contributed by atoms with van der Waals surface area (Å²) in [5, 5.41) is 9.81. The average Bonchev–Trinajstić information content (AvgIpc) is 3.44. The van der Waals surface area contributed by atoms with E-state index in [1.54, 1.807) is 24.5 Å². The second-order valence-corrected chi connectivity index (χ2v) is 10.1. The number of aryl methyl sites for hydroxylation is 1. The van der Waals surface area contributed by atoms with Crippen molar-refractivity contribution in [1.82, 2.24) is 18.9 Å². The molecule has 3 unspecified atom stereocenters. The third kappa shape index (κ3) is 4.99. The zero-order valence-electron chi connectivity index (χ0n) is 20.7. The SMILES string of the molecule is CCCCC1C(Cc2ncc[nH]2)[N+](Cc2ccc(C#N)cc2)(c2c(Cl)ccc(C)c2C)C(=O)N1Cl.Cl. The number of quaternary nitrogens is 1. The summed E-state index contributed by atoms with van der Waals surface area (Å²) in [5.74, 6) is 0.806. The largest absolute Gasteiger partial charge is 0.439 e. The highest BCUT2D eigenvalue weighted by atomic mass is 35.5. The number of imidazole rings is 1. The molecule has 190 valence electrons. The molecule has 2 amide bonds. The summed E-state index contributed by atoms with van der Waals surface area (Å²) >= 11 is 13.7. The number of unbranched alkanes of at least 4 members (excludes halogenated alkanes) is 1. The zero-order valence-corrected chi connectivity index (χ0v) is 23.0. The Labute approximate surface area is 229 Å². The number of aromatic amines is 1. The maximum atomic E-state index is 14.3. The van der Waals surface area contributed by atoms with Crippen LogP contribution >= 0.6 is 35.8 Å². The van der Waals surface area contributed by atoms with Gasteiger partial charge >= 0.3 is 6.03 Å². The van der Waals surface area contributed by atoms with E-state index in [0.717, 1.165) is 47.5 Å². The standard InChI is InChI=1S/C27H30Cl2N5O.ClH/c1-4-5-6-23-24(15-25-31-13-14-32-25)34(27(35)33(23)29,17-21-10-8-20(16-30)9-11-21)26-19(3)18(2)7-12-22(26)28;/h7-14,23-24H,4-6,15,17H2,1-3H3,(H,31,32);1H/q+1;. The van der Waals surface area contributed by atoms with Crippen LogP contribution in [-0.4, -0.2) is 32.5 Å². The third-order valence-electron chi connectivity index (χ3n) is 7.20. The Morgan fingerprint density at radius 1 is 1.19 bits per heavy atom. The van der Waals surface area contributed by atoms with Crippen molar-refractivity contribution >= 4 is 47.5 Å². The molecule has 1 N–H and O–H groups in total. The van der Waals surface area contributed by atoms with Gasteiger partial charge in [-0.1, -0.05) is 49.6 Å². The Bertz CT molecular complexity index is 1240. The second kappa shape index (κ2) is 11.7. The van der Waals surface area contributed by atoms with Crippen LogP contribution in [0.3, 0.4) is 0 Å². The van der Waals surface area contributed by atoms with Crippen LogP contribution in [0, 0.1) is 25.2 Å². The molecular formula is C27H31Cl3N5O+. The number of nitrogens with zero attached hydrogens (tertiary/aromatic N) is 4. The molecule has 3 atom stereocenters. The molecule has 1 saturated heterocycles. The summed E-state index contributed by atoms with van der Waals surface area (Å²) in [7, 11) is 0. The average molecular weight is 548 g/mol. The molecule has 3 aromatic rings. The van der Waals surface area contributed by atoms with Crippen LogP contribution in [0.15, 0.2) is 48.8 Å². The van der Waals surface area contributed by atoms with Crippen LogP contribution in [0.1, 0.15) is 54.3 Å². The quantitative estimate of drug-likeness (QED) is 0.239. The minimum atomic E-state index is -0.216. The van der Waals surface area contributed by atoms with E-state index in [1.165, 1.54) is 4.42 Å². The first-order valence-corrected chi connectivity index (χ1v) is 12.7. The number of rotatable bonds is 8. The normalized spacial score (nSPS) is 21.3. The van der Waals surface area contributed by atoms with E-state index in [2.05, 4.69) is 23.0 Å². The number of hydrogen-bond acceptors (Lipinski definition) is 3. The van der Waals surface area contributed by atoms with Crippen molar-refractivity contribution in [1.29, 1.82) is 5.26 Å². The topological polar surface area (TPSA) is 72.8 Å². The van der Waals surface area contributed by atoms with Crippen molar-refractivity contribution in [3.63, 3.8) is 0 Å². The maximum absolute atomic E-state index is 14.3. The molecular weight excluding hydrogens is 517 g/mol. The number of carbonyl (C=O) groups excluding carboxylic acids is 1. The van der Waals surface area contributed by atoms with Crippen molar-refractivity contribution in [3.05, 3.63) is 81.9 Å². The minimum Gasteiger partial charge on any atom is -0.348 e. The van der Waals surface area contributed by atoms with Crippen molar-refractivity contribution in [3.8, 4) is 6.07 Å². The molecule has 0 saturated carbocycles. The third-order valence-corrected chi connectivity index (χ3v) is 7.90. The van der Waals surface area contributed by atoms with E-state index < -0.39 is 0 Å². The molecule has 1 aromatic heterocycles. The van der Waals surface area contributed by atoms with Crippen molar-refractivity contribution in [2.24, 2.45) is 0 Å². The first-order valence-electron chi connectivity index (χ1n) is 11.9. The molecule has 6 nitrogen and oxygen atoms in total. The summed E-state index contributed by atoms with van der Waals surface area (Å²) in [6, 6.07) is 12.8. The Morgan fingerprint density at radius 2 is 1.92 bits per heavy atom. The molecule has 9 heteroatoms. The number of carbonyl (C=O) groups is 1. The Morgan fingerprint density at radius 3 is 2.53 bits per heavy atom. The predicted octanol–water partition coefficient (Wildman–Crippen LogP) is 7.24. The molecule has 1 aliphatic heterocycles. The van der Waals surface area contributed by atoms with Crippen molar-refractivity contribution in [2.75, 3.05) is 0 Å². The van der Waals surface area contributed by atoms with Gasteiger partial charge in [-0.25, -0.2) is 9.78 Å². The highest BCUT2D eigenvalue weighted by Crippen LogP contribution is 2.48. The van der Waals surface area contributed by atoms with Gasteiger partial charge in [-0.05, 0) is 44.0 Å². The molecule has 0 aliphatic carbocycles. The Balaban J connectivity index is 0.00000361. The first kappa shape index (κ1) is 28.0. The van der Waals surface area contributed by atoms with Crippen molar-refractivity contribution < 1.29 is 4.79 Å². The van der Waals surface area contributed by atoms with E-state index in [0.29, 0.717) is 23.6 Å². The molecule has 1 aliphatic rings. The predicted molar refractivity (Wildman–Crippen MR) is 147 cm³/mol. The van der Waals surface area contributed by atoms with Crippen LogP contribution in [-0.2, 0) is 13.0 Å². The number of aromatic nitrogens is 2. The monoisotopic (exact) mass is 546 g/mol. The number of urea groups is 1. The summed E-state index contributed by atoms with van der Waals surface area (Å²) in [5.41, 5.74) is 4.32. The van der Waals surface area contributed by atoms with Gasteiger partial charge in [0.05, 0.1) is 18.1 Å². The number of hydrogen-bond donors (Lipinski definition) is 1. The lowest BCUT2D eigenvalue weighted by molar-refractivity contribution is 0.193. The van der Waals surface area contributed by atoms with Gasteiger partial charge in [0.2, 0.25) is 0 Å². The maximum Gasteiger partial charge on any atom is 0.439 e. The van der Waals surface area contributed by atoms with Gasteiger partial charge in [-0.2, -0.15) is 14.2 Å². The summed E-state index contributed by atoms with van der Waals surface area (Å²) < 4.78 is 1.38. The van der Waals surface area contributed by atoms with E-state index in [1.807, 2.05) is 38.1 Å². The van der Waals surface area contributed by atoms with Gasteiger partial charge in [-0.3, -0.25) is 0 Å². The van der Waals surface area contributed by atoms with Crippen LogP contribution in [0.4, 0.5) is 10.5 Å². The lowest BCUT2D eigenvalue weighted by Gasteiger charge is -2.38. The van der Waals surface area contributed by atoms with Crippen LogP contribution in [0.5, 0.6) is 0 Å². The smallest absolute Gasteiger partial charge is 0.348 e. The van der Waals surface area contributed by atoms with Gasteiger partial charge in [-0.15, -0.1) is 12.4 Å². The molecule has 0 spiro atoms. The van der Waals surface area contributed by atoms with Gasteiger partial charge in [0.25, 0.3) is 0 Å². The van der Waals surface area contributed by atoms with E-state index in [4.69, 9.17) is 23.4 Å². The number of amides is 2.